The predicted molar refractivity (Wildman–Crippen MR) is 73.8 cm³/mol. The van der Waals surface area contributed by atoms with Gasteiger partial charge in [-0.1, -0.05) is 12.1 Å². The van der Waals surface area contributed by atoms with Gasteiger partial charge in [-0.15, -0.1) is 0 Å². The first-order valence-corrected chi connectivity index (χ1v) is 6.01. The van der Waals surface area contributed by atoms with Crippen LogP contribution in [0.2, 0.25) is 0 Å². The normalized spacial score (nSPS) is 10.3. The highest BCUT2D eigenvalue weighted by molar-refractivity contribution is 6.02. The van der Waals surface area contributed by atoms with Crippen molar-refractivity contribution < 1.29 is 4.79 Å². The maximum atomic E-state index is 12.1. The topological polar surface area (TPSA) is 80.9 Å². The summed E-state index contributed by atoms with van der Waals surface area (Å²) in [4.78, 5) is 20.4. The number of carbonyl (C=O) groups excluding carboxylic acids is 1. The summed E-state index contributed by atoms with van der Waals surface area (Å²) < 4.78 is 0. The number of nitrogens with two attached hydrogens (primary N) is 1. The molecule has 1 amide bonds. The van der Waals surface area contributed by atoms with Gasteiger partial charge in [0.2, 0.25) is 0 Å². The van der Waals surface area contributed by atoms with Gasteiger partial charge in [0.05, 0.1) is 0 Å². The summed E-state index contributed by atoms with van der Waals surface area (Å²) >= 11 is 0. The van der Waals surface area contributed by atoms with Crippen molar-refractivity contribution in [2.75, 3.05) is 5.32 Å². The Bertz CT molecular complexity index is 590. The van der Waals surface area contributed by atoms with Gasteiger partial charge < -0.3 is 11.1 Å². The number of aryl methyl sites for hydroxylation is 2. The lowest BCUT2D eigenvalue weighted by molar-refractivity contribution is 0.102. The zero-order valence-corrected chi connectivity index (χ0v) is 11.0. The van der Waals surface area contributed by atoms with E-state index in [1.165, 1.54) is 0 Å². The Morgan fingerprint density at radius 2 is 2.05 bits per heavy atom. The Morgan fingerprint density at radius 3 is 2.74 bits per heavy atom. The molecule has 5 heteroatoms. The molecule has 1 heterocycles. The number of hydrogen-bond acceptors (Lipinski definition) is 4. The van der Waals surface area contributed by atoms with Crippen molar-refractivity contribution in [2.45, 2.75) is 20.4 Å². The molecular formula is C14H16N4O. The number of amides is 1. The number of benzene rings is 1. The minimum absolute atomic E-state index is 0.247. The lowest BCUT2D eigenvalue weighted by atomic mass is 10.2. The fraction of sp³-hybridized carbons (Fsp3) is 0.214. The molecular weight excluding hydrogens is 240 g/mol. The monoisotopic (exact) mass is 256 g/mol. The molecule has 0 aliphatic rings. The van der Waals surface area contributed by atoms with Gasteiger partial charge in [0.15, 0.2) is 0 Å². The second kappa shape index (κ2) is 5.58. The van der Waals surface area contributed by atoms with E-state index in [2.05, 4.69) is 15.3 Å². The van der Waals surface area contributed by atoms with E-state index in [0.29, 0.717) is 23.8 Å². The third kappa shape index (κ3) is 3.35. The molecule has 19 heavy (non-hydrogen) atoms. The average Bonchev–Trinajstić information content (AvgIpc) is 2.37. The summed E-state index contributed by atoms with van der Waals surface area (Å²) in [5, 5.41) is 2.80. The molecule has 3 N–H and O–H groups in total. The van der Waals surface area contributed by atoms with Crippen LogP contribution in [0.25, 0.3) is 0 Å². The minimum Gasteiger partial charge on any atom is -0.326 e. The van der Waals surface area contributed by atoms with Crippen LogP contribution in [0.15, 0.2) is 30.3 Å². The van der Waals surface area contributed by atoms with Gasteiger partial charge in [0, 0.05) is 17.9 Å². The van der Waals surface area contributed by atoms with Crippen molar-refractivity contribution in [3.05, 3.63) is 53.1 Å². The Hall–Kier alpha value is -2.27. The zero-order chi connectivity index (χ0) is 13.8. The predicted octanol–water partition coefficient (Wildman–Crippen LogP) is 1.80. The number of nitrogens with one attached hydrogen (secondary N) is 1. The van der Waals surface area contributed by atoms with Gasteiger partial charge in [0.1, 0.15) is 11.5 Å². The molecule has 1 aromatic carbocycles. The standard InChI is InChI=1S/C14H16N4O/c1-9-6-13(17-10(2)16-9)14(19)18-12-5-3-4-11(7-12)8-15/h3-7H,8,15H2,1-2H3,(H,18,19). The summed E-state index contributed by atoms with van der Waals surface area (Å²) in [6, 6.07) is 9.09. The third-order valence-corrected chi connectivity index (χ3v) is 2.62. The van der Waals surface area contributed by atoms with Crippen molar-refractivity contribution in [3.63, 3.8) is 0 Å². The van der Waals surface area contributed by atoms with Crippen LogP contribution in [0.4, 0.5) is 5.69 Å². The average molecular weight is 256 g/mol. The van der Waals surface area contributed by atoms with Crippen LogP contribution in [0, 0.1) is 13.8 Å². The van der Waals surface area contributed by atoms with Crippen molar-refractivity contribution in [1.82, 2.24) is 9.97 Å². The molecule has 0 saturated carbocycles. The largest absolute Gasteiger partial charge is 0.326 e. The van der Waals surface area contributed by atoms with Crippen molar-refractivity contribution in [1.29, 1.82) is 0 Å². The summed E-state index contributed by atoms with van der Waals surface area (Å²) in [6.45, 7) is 4.04. The molecule has 0 fully saturated rings. The third-order valence-electron chi connectivity index (χ3n) is 2.62. The quantitative estimate of drug-likeness (QED) is 0.877. The summed E-state index contributed by atoms with van der Waals surface area (Å²) in [5.41, 5.74) is 8.38. The molecule has 2 rings (SSSR count). The van der Waals surface area contributed by atoms with Crippen molar-refractivity contribution in [2.24, 2.45) is 5.73 Å². The molecule has 5 nitrogen and oxygen atoms in total. The van der Waals surface area contributed by atoms with E-state index >= 15 is 0 Å². The molecule has 0 aliphatic heterocycles. The summed E-state index contributed by atoms with van der Waals surface area (Å²) in [7, 11) is 0. The van der Waals surface area contributed by atoms with Crippen LogP contribution >= 0.6 is 0 Å². The molecule has 0 unspecified atom stereocenters. The van der Waals surface area contributed by atoms with Crippen LogP contribution in [0.5, 0.6) is 0 Å². The van der Waals surface area contributed by atoms with Gasteiger partial charge in [-0.05, 0) is 37.6 Å². The lowest BCUT2D eigenvalue weighted by Crippen LogP contribution is -2.15. The summed E-state index contributed by atoms with van der Waals surface area (Å²) in [6.07, 6.45) is 0. The van der Waals surface area contributed by atoms with Gasteiger partial charge >= 0.3 is 0 Å². The molecule has 0 saturated heterocycles. The van der Waals surface area contributed by atoms with E-state index < -0.39 is 0 Å². The SMILES string of the molecule is Cc1cc(C(=O)Nc2cccc(CN)c2)nc(C)n1. The van der Waals surface area contributed by atoms with Crippen LogP contribution in [-0.2, 0) is 6.54 Å². The number of aromatic nitrogens is 2. The first-order valence-electron chi connectivity index (χ1n) is 6.01. The van der Waals surface area contributed by atoms with Crippen LogP contribution in [-0.4, -0.2) is 15.9 Å². The van der Waals surface area contributed by atoms with Gasteiger partial charge in [-0.3, -0.25) is 4.79 Å². The highest BCUT2D eigenvalue weighted by Crippen LogP contribution is 2.11. The molecule has 0 aliphatic carbocycles. The second-order valence-electron chi connectivity index (χ2n) is 4.30. The molecule has 2 aromatic rings. The van der Waals surface area contributed by atoms with E-state index in [1.54, 1.807) is 13.0 Å². The maximum absolute atomic E-state index is 12.1. The van der Waals surface area contributed by atoms with E-state index in [1.807, 2.05) is 31.2 Å². The molecule has 0 atom stereocenters. The molecule has 0 spiro atoms. The van der Waals surface area contributed by atoms with Gasteiger partial charge in [0.25, 0.3) is 5.91 Å². The van der Waals surface area contributed by atoms with E-state index in [4.69, 9.17) is 5.73 Å². The highest BCUT2D eigenvalue weighted by atomic mass is 16.1. The summed E-state index contributed by atoms with van der Waals surface area (Å²) in [5.74, 6) is 0.337. The highest BCUT2D eigenvalue weighted by Gasteiger charge is 2.09. The number of hydrogen-bond donors (Lipinski definition) is 2. The number of anilines is 1. The van der Waals surface area contributed by atoms with Crippen molar-refractivity contribution in [3.8, 4) is 0 Å². The van der Waals surface area contributed by atoms with Gasteiger partial charge in [-0.2, -0.15) is 0 Å². The Balaban J connectivity index is 2.20. The Morgan fingerprint density at radius 1 is 1.26 bits per heavy atom. The van der Waals surface area contributed by atoms with Crippen molar-refractivity contribution >= 4 is 11.6 Å². The number of rotatable bonds is 3. The minimum atomic E-state index is -0.247. The first kappa shape index (κ1) is 13.2. The van der Waals surface area contributed by atoms with Crippen LogP contribution < -0.4 is 11.1 Å². The Kier molecular flexibility index (Phi) is 3.87. The fourth-order valence-corrected chi connectivity index (χ4v) is 1.80. The zero-order valence-electron chi connectivity index (χ0n) is 11.0. The van der Waals surface area contributed by atoms with Crippen LogP contribution in [0.3, 0.4) is 0 Å². The Labute approximate surface area is 111 Å². The first-order chi connectivity index (χ1) is 9.08. The second-order valence-corrected chi connectivity index (χ2v) is 4.30. The molecule has 0 bridgehead atoms. The number of carbonyl (C=O) groups is 1. The van der Waals surface area contributed by atoms with Gasteiger partial charge in [-0.25, -0.2) is 9.97 Å². The number of nitrogens with zero attached hydrogens (tertiary/aromatic N) is 2. The smallest absolute Gasteiger partial charge is 0.274 e. The molecule has 1 aromatic heterocycles. The molecule has 98 valence electrons. The molecule has 0 radical (unpaired) electrons. The van der Waals surface area contributed by atoms with E-state index in [0.717, 1.165) is 11.3 Å². The van der Waals surface area contributed by atoms with E-state index in [9.17, 15) is 4.79 Å². The lowest BCUT2D eigenvalue weighted by Gasteiger charge is -2.07. The maximum Gasteiger partial charge on any atom is 0.274 e. The van der Waals surface area contributed by atoms with E-state index in [-0.39, 0.29) is 5.91 Å². The van der Waals surface area contributed by atoms with Crippen LogP contribution in [0.1, 0.15) is 27.6 Å². The fourth-order valence-electron chi connectivity index (χ4n) is 1.80.